The Morgan fingerprint density at radius 1 is 0.923 bits per heavy atom. The minimum atomic E-state index is -1.27. The minimum Gasteiger partial charge on any atom is -0.481 e. The van der Waals surface area contributed by atoms with Crippen LogP contribution in [0.1, 0.15) is 12.8 Å². The van der Waals surface area contributed by atoms with Gasteiger partial charge in [0, 0.05) is 17.9 Å². The van der Waals surface area contributed by atoms with Crippen molar-refractivity contribution in [1.82, 2.24) is 16.0 Å². The van der Waals surface area contributed by atoms with Gasteiger partial charge in [0.15, 0.2) is 0 Å². The number of thiol groups is 2. The SMILES string of the molecule is NC(CCC(=O)O)C(=O)NC(CS)C(=O)NCC(=O)NC(CS)C(=O)O. The highest BCUT2D eigenvalue weighted by atomic mass is 32.1. The van der Waals surface area contributed by atoms with E-state index in [0.29, 0.717) is 0 Å². The average molecular weight is 410 g/mol. The highest BCUT2D eigenvalue weighted by Gasteiger charge is 2.24. The Bertz CT molecular complexity index is 547. The molecule has 0 aliphatic carbocycles. The van der Waals surface area contributed by atoms with Crippen LogP contribution < -0.4 is 21.7 Å². The van der Waals surface area contributed by atoms with Crippen molar-refractivity contribution in [3.63, 3.8) is 0 Å². The second kappa shape index (κ2) is 12.4. The van der Waals surface area contributed by atoms with Crippen LogP contribution in [0.25, 0.3) is 0 Å². The van der Waals surface area contributed by atoms with E-state index in [1.54, 1.807) is 0 Å². The van der Waals surface area contributed by atoms with Gasteiger partial charge in [0.05, 0.1) is 12.6 Å². The molecule has 0 aliphatic heterocycles. The van der Waals surface area contributed by atoms with Gasteiger partial charge < -0.3 is 31.9 Å². The molecule has 13 heteroatoms. The zero-order valence-corrected chi connectivity index (χ0v) is 15.5. The predicted octanol–water partition coefficient (Wildman–Crippen LogP) is -2.79. The summed E-state index contributed by atoms with van der Waals surface area (Å²) in [5, 5.41) is 24.0. The fourth-order valence-electron chi connectivity index (χ4n) is 1.60. The summed E-state index contributed by atoms with van der Waals surface area (Å²) in [6, 6.07) is -3.42. The van der Waals surface area contributed by atoms with Gasteiger partial charge in [-0.15, -0.1) is 0 Å². The molecule has 0 aromatic heterocycles. The average Bonchev–Trinajstić information content (AvgIpc) is 2.59. The molecule has 7 N–H and O–H groups in total. The molecule has 0 spiro atoms. The van der Waals surface area contributed by atoms with E-state index >= 15 is 0 Å². The van der Waals surface area contributed by atoms with E-state index in [0.717, 1.165) is 0 Å². The first-order valence-electron chi connectivity index (χ1n) is 7.41. The van der Waals surface area contributed by atoms with Crippen LogP contribution in [0.3, 0.4) is 0 Å². The van der Waals surface area contributed by atoms with Crippen molar-refractivity contribution < 1.29 is 34.2 Å². The van der Waals surface area contributed by atoms with E-state index in [-0.39, 0.29) is 24.3 Å². The molecule has 0 heterocycles. The van der Waals surface area contributed by atoms with Crippen LogP contribution in [0.5, 0.6) is 0 Å². The van der Waals surface area contributed by atoms with Crippen molar-refractivity contribution in [2.24, 2.45) is 5.73 Å². The third-order valence-corrected chi connectivity index (χ3v) is 3.79. The Kier molecular flexibility index (Phi) is 11.4. The molecule has 3 amide bonds. The standard InChI is InChI=1S/C13H22N4O7S2/c14-6(1-2-10(19)20)11(21)17-7(4-25)12(22)15-3-9(18)16-8(5-26)13(23)24/h6-8,25-26H,1-5,14H2,(H,15,22)(H,16,18)(H,17,21)(H,19,20)(H,23,24). The maximum absolute atomic E-state index is 12.0. The predicted molar refractivity (Wildman–Crippen MR) is 97.1 cm³/mol. The molecule has 148 valence electrons. The molecule has 0 rings (SSSR count). The van der Waals surface area contributed by atoms with E-state index in [1.807, 2.05) is 0 Å². The van der Waals surface area contributed by atoms with Crippen molar-refractivity contribution in [2.45, 2.75) is 31.0 Å². The van der Waals surface area contributed by atoms with Gasteiger partial charge in [-0.05, 0) is 6.42 Å². The summed E-state index contributed by atoms with van der Waals surface area (Å²) in [7, 11) is 0. The number of hydrogen-bond donors (Lipinski definition) is 8. The van der Waals surface area contributed by atoms with Gasteiger partial charge in [-0.3, -0.25) is 19.2 Å². The second-order valence-corrected chi connectivity index (χ2v) is 5.87. The highest BCUT2D eigenvalue weighted by molar-refractivity contribution is 7.80. The van der Waals surface area contributed by atoms with E-state index < -0.39 is 54.3 Å². The number of nitrogens with one attached hydrogen (secondary N) is 3. The summed E-state index contributed by atoms with van der Waals surface area (Å²) in [5.41, 5.74) is 5.53. The summed E-state index contributed by atoms with van der Waals surface area (Å²) in [6.07, 6.45) is -0.410. The molecule has 0 radical (unpaired) electrons. The molecule has 0 bridgehead atoms. The molecule has 0 aromatic carbocycles. The van der Waals surface area contributed by atoms with Crippen LogP contribution >= 0.6 is 25.3 Å². The van der Waals surface area contributed by atoms with Gasteiger partial charge in [0.1, 0.15) is 12.1 Å². The molecule has 0 aliphatic rings. The van der Waals surface area contributed by atoms with Crippen molar-refractivity contribution >= 4 is 54.9 Å². The Hall–Kier alpha value is -1.99. The lowest BCUT2D eigenvalue weighted by molar-refractivity contribution is -0.141. The Balaban J connectivity index is 4.47. The number of carboxylic acid groups (broad SMARTS) is 2. The Morgan fingerprint density at radius 3 is 1.96 bits per heavy atom. The molecule has 3 atom stereocenters. The normalized spacial score (nSPS) is 13.8. The van der Waals surface area contributed by atoms with Gasteiger partial charge >= 0.3 is 11.9 Å². The van der Waals surface area contributed by atoms with Gasteiger partial charge in [0.25, 0.3) is 0 Å². The van der Waals surface area contributed by atoms with Gasteiger partial charge in [0.2, 0.25) is 17.7 Å². The van der Waals surface area contributed by atoms with Crippen LogP contribution in [0, 0.1) is 0 Å². The first kappa shape index (κ1) is 24.0. The third kappa shape index (κ3) is 9.48. The molecule has 0 fully saturated rings. The van der Waals surface area contributed by atoms with Crippen molar-refractivity contribution in [1.29, 1.82) is 0 Å². The zero-order chi connectivity index (χ0) is 20.3. The maximum Gasteiger partial charge on any atom is 0.327 e. The van der Waals surface area contributed by atoms with E-state index in [1.165, 1.54) is 0 Å². The largest absolute Gasteiger partial charge is 0.481 e. The topological polar surface area (TPSA) is 188 Å². The highest BCUT2D eigenvalue weighted by Crippen LogP contribution is 1.97. The summed E-state index contributed by atoms with van der Waals surface area (Å²) >= 11 is 7.71. The van der Waals surface area contributed by atoms with Gasteiger partial charge in [-0.2, -0.15) is 25.3 Å². The fraction of sp³-hybridized carbons (Fsp3) is 0.615. The number of rotatable bonds is 12. The lowest BCUT2D eigenvalue weighted by atomic mass is 10.1. The van der Waals surface area contributed by atoms with Gasteiger partial charge in [-0.25, -0.2) is 4.79 Å². The molecule has 0 aromatic rings. The first-order chi connectivity index (χ1) is 12.1. The van der Waals surface area contributed by atoms with Crippen molar-refractivity contribution in [3.05, 3.63) is 0 Å². The number of nitrogens with two attached hydrogens (primary N) is 1. The fourth-order valence-corrected chi connectivity index (χ4v) is 2.11. The molecular weight excluding hydrogens is 388 g/mol. The van der Waals surface area contributed by atoms with E-state index in [9.17, 15) is 24.0 Å². The van der Waals surface area contributed by atoms with Crippen LogP contribution in [0.4, 0.5) is 0 Å². The lowest BCUT2D eigenvalue weighted by Gasteiger charge is -2.19. The number of carboxylic acids is 2. The second-order valence-electron chi connectivity index (χ2n) is 5.14. The zero-order valence-electron chi connectivity index (χ0n) is 13.7. The Labute approximate surface area is 160 Å². The van der Waals surface area contributed by atoms with Crippen LogP contribution in [0.15, 0.2) is 0 Å². The molecule has 0 saturated heterocycles. The van der Waals surface area contributed by atoms with Crippen LogP contribution in [-0.2, 0) is 24.0 Å². The summed E-state index contributed by atoms with van der Waals surface area (Å²) in [5.74, 6) is -4.81. The summed E-state index contributed by atoms with van der Waals surface area (Å²) in [4.78, 5) is 56.6. The Morgan fingerprint density at radius 2 is 1.50 bits per heavy atom. The summed E-state index contributed by atoms with van der Waals surface area (Å²) < 4.78 is 0. The number of amides is 3. The van der Waals surface area contributed by atoms with Crippen molar-refractivity contribution in [2.75, 3.05) is 18.1 Å². The van der Waals surface area contributed by atoms with Crippen LogP contribution in [0.2, 0.25) is 0 Å². The monoisotopic (exact) mass is 410 g/mol. The molecule has 11 nitrogen and oxygen atoms in total. The van der Waals surface area contributed by atoms with E-state index in [4.69, 9.17) is 15.9 Å². The number of aliphatic carboxylic acids is 2. The molecule has 26 heavy (non-hydrogen) atoms. The minimum absolute atomic E-state index is 0.0980. The quantitative estimate of drug-likeness (QED) is 0.158. The number of hydrogen-bond acceptors (Lipinski definition) is 8. The number of carbonyl (C=O) groups is 5. The third-order valence-electron chi connectivity index (χ3n) is 3.06. The summed E-state index contributed by atoms with van der Waals surface area (Å²) in [6.45, 7) is -0.512. The van der Waals surface area contributed by atoms with Gasteiger partial charge in [-0.1, -0.05) is 0 Å². The van der Waals surface area contributed by atoms with Crippen molar-refractivity contribution in [3.8, 4) is 0 Å². The molecular formula is C13H22N4O7S2. The smallest absolute Gasteiger partial charge is 0.327 e. The molecule has 0 saturated carbocycles. The maximum atomic E-state index is 12.0. The van der Waals surface area contributed by atoms with E-state index in [2.05, 4.69) is 41.2 Å². The lowest BCUT2D eigenvalue weighted by Crippen LogP contribution is -2.54. The van der Waals surface area contributed by atoms with Crippen LogP contribution in [-0.4, -0.2) is 76.0 Å². The number of carbonyl (C=O) groups excluding carboxylic acids is 3. The first-order valence-corrected chi connectivity index (χ1v) is 8.68. The molecule has 3 unspecified atom stereocenters.